The van der Waals surface area contributed by atoms with Crippen molar-refractivity contribution in [3.8, 4) is 0 Å². The summed E-state index contributed by atoms with van der Waals surface area (Å²) in [6.07, 6.45) is 3.85. The lowest BCUT2D eigenvalue weighted by Crippen LogP contribution is -2.26. The van der Waals surface area contributed by atoms with E-state index in [9.17, 15) is 9.59 Å². The van der Waals surface area contributed by atoms with Gasteiger partial charge in [-0.25, -0.2) is 0 Å². The molecule has 27 heavy (non-hydrogen) atoms. The molecule has 2 N–H and O–H groups in total. The number of rotatable bonds is 6. The number of carbonyl (C=O) groups excluding carboxylic acids is 2. The fourth-order valence-corrected chi connectivity index (χ4v) is 2.71. The first kappa shape index (κ1) is 20.6. The van der Waals surface area contributed by atoms with Gasteiger partial charge in [0.05, 0.1) is 11.1 Å². The molecule has 1 aromatic carbocycles. The maximum atomic E-state index is 12.7. The van der Waals surface area contributed by atoms with E-state index in [1.54, 1.807) is 6.07 Å². The van der Waals surface area contributed by atoms with E-state index in [4.69, 9.17) is 0 Å². The Balaban J connectivity index is 2.13. The molecule has 0 atom stereocenters. The Hall–Kier alpha value is -2.69. The molecular formula is C22H29N3O2. The van der Waals surface area contributed by atoms with Crippen molar-refractivity contribution in [3.63, 3.8) is 0 Å². The van der Waals surface area contributed by atoms with Crippen molar-refractivity contribution < 1.29 is 9.59 Å². The summed E-state index contributed by atoms with van der Waals surface area (Å²) >= 11 is 0. The number of anilines is 1. The van der Waals surface area contributed by atoms with E-state index < -0.39 is 0 Å². The SMILES string of the molecule is CC(C)CCNC(=O)c1cncc(C(=O)Nc2ccccc2C(C)(C)C)c1. The molecule has 1 heterocycles. The average Bonchev–Trinajstić information content (AvgIpc) is 2.61. The molecule has 0 aliphatic carbocycles. The van der Waals surface area contributed by atoms with Crippen molar-refractivity contribution in [2.75, 3.05) is 11.9 Å². The van der Waals surface area contributed by atoms with Crippen LogP contribution in [-0.4, -0.2) is 23.3 Å². The predicted molar refractivity (Wildman–Crippen MR) is 109 cm³/mol. The molecule has 0 saturated carbocycles. The fraction of sp³-hybridized carbons (Fsp3) is 0.409. The molecule has 0 unspecified atom stereocenters. The zero-order chi connectivity index (χ0) is 20.0. The summed E-state index contributed by atoms with van der Waals surface area (Å²) < 4.78 is 0. The quantitative estimate of drug-likeness (QED) is 0.794. The third-order valence-corrected chi connectivity index (χ3v) is 4.25. The van der Waals surface area contributed by atoms with Gasteiger partial charge >= 0.3 is 0 Å². The summed E-state index contributed by atoms with van der Waals surface area (Å²) in [5, 5.41) is 5.81. The van der Waals surface area contributed by atoms with E-state index in [-0.39, 0.29) is 17.2 Å². The van der Waals surface area contributed by atoms with Gasteiger partial charge in [-0.3, -0.25) is 14.6 Å². The second-order valence-electron chi connectivity index (χ2n) is 8.15. The fourth-order valence-electron chi connectivity index (χ4n) is 2.71. The zero-order valence-electron chi connectivity index (χ0n) is 16.8. The highest BCUT2D eigenvalue weighted by Crippen LogP contribution is 2.29. The number of nitrogens with one attached hydrogen (secondary N) is 2. The van der Waals surface area contributed by atoms with Gasteiger partial charge in [-0.05, 0) is 35.4 Å². The van der Waals surface area contributed by atoms with Gasteiger partial charge in [-0.2, -0.15) is 0 Å². The monoisotopic (exact) mass is 367 g/mol. The maximum Gasteiger partial charge on any atom is 0.257 e. The van der Waals surface area contributed by atoms with Gasteiger partial charge < -0.3 is 10.6 Å². The van der Waals surface area contributed by atoms with Crippen molar-refractivity contribution in [3.05, 3.63) is 59.4 Å². The van der Waals surface area contributed by atoms with Gasteiger partial charge in [0.1, 0.15) is 0 Å². The van der Waals surface area contributed by atoms with Gasteiger partial charge in [-0.15, -0.1) is 0 Å². The van der Waals surface area contributed by atoms with Crippen LogP contribution in [-0.2, 0) is 5.41 Å². The molecule has 144 valence electrons. The third-order valence-electron chi connectivity index (χ3n) is 4.25. The van der Waals surface area contributed by atoms with Gasteiger partial charge in [-0.1, -0.05) is 52.8 Å². The molecular weight excluding hydrogens is 338 g/mol. The standard InChI is InChI=1S/C22H29N3O2/c1-15(2)10-11-24-20(26)16-12-17(14-23-13-16)21(27)25-19-9-7-6-8-18(19)22(3,4)5/h6-9,12-15H,10-11H2,1-5H3,(H,24,26)(H,25,27). The first-order valence-electron chi connectivity index (χ1n) is 9.32. The summed E-state index contributed by atoms with van der Waals surface area (Å²) in [4.78, 5) is 29.0. The molecule has 0 aliphatic rings. The minimum atomic E-state index is -0.281. The highest BCUT2D eigenvalue weighted by Gasteiger charge is 2.19. The number of pyridine rings is 1. The average molecular weight is 367 g/mol. The predicted octanol–water partition coefficient (Wildman–Crippen LogP) is 4.41. The Labute approximate surface area is 161 Å². The Morgan fingerprint density at radius 3 is 2.30 bits per heavy atom. The van der Waals surface area contributed by atoms with Gasteiger partial charge in [0.2, 0.25) is 0 Å². The molecule has 5 heteroatoms. The Morgan fingerprint density at radius 2 is 1.67 bits per heavy atom. The van der Waals surface area contributed by atoms with Gasteiger partial charge in [0.15, 0.2) is 0 Å². The first-order chi connectivity index (χ1) is 12.7. The number of nitrogens with zero attached hydrogens (tertiary/aromatic N) is 1. The van der Waals surface area contributed by atoms with Crippen molar-refractivity contribution in [2.24, 2.45) is 5.92 Å². The second-order valence-corrected chi connectivity index (χ2v) is 8.15. The normalized spacial score (nSPS) is 11.3. The smallest absolute Gasteiger partial charge is 0.257 e. The summed E-state index contributed by atoms with van der Waals surface area (Å²) in [5.74, 6) is 0.0207. The Kier molecular flexibility index (Phi) is 6.72. The van der Waals surface area contributed by atoms with Crippen molar-refractivity contribution in [1.82, 2.24) is 10.3 Å². The molecule has 2 amide bonds. The summed E-state index contributed by atoms with van der Waals surface area (Å²) in [6.45, 7) is 11.1. The molecule has 1 aromatic heterocycles. The largest absolute Gasteiger partial charge is 0.352 e. The van der Waals surface area contributed by atoms with Crippen LogP contribution in [0.1, 0.15) is 67.3 Å². The van der Waals surface area contributed by atoms with Crippen LogP contribution in [0.2, 0.25) is 0 Å². The number of benzene rings is 1. The minimum Gasteiger partial charge on any atom is -0.352 e. The number of amides is 2. The molecule has 2 aromatic rings. The van der Waals surface area contributed by atoms with Crippen LogP contribution in [0.25, 0.3) is 0 Å². The van der Waals surface area contributed by atoms with E-state index in [0.717, 1.165) is 17.7 Å². The minimum absolute atomic E-state index is 0.0970. The Morgan fingerprint density at radius 1 is 1.04 bits per heavy atom. The number of para-hydroxylation sites is 1. The summed E-state index contributed by atoms with van der Waals surface area (Å²) in [5.41, 5.74) is 2.46. The summed E-state index contributed by atoms with van der Waals surface area (Å²) in [7, 11) is 0. The lowest BCUT2D eigenvalue weighted by Gasteiger charge is -2.23. The van der Waals surface area contributed by atoms with E-state index in [2.05, 4.69) is 50.2 Å². The highest BCUT2D eigenvalue weighted by molar-refractivity contribution is 6.06. The number of hydrogen-bond acceptors (Lipinski definition) is 3. The van der Waals surface area contributed by atoms with Crippen LogP contribution in [0.4, 0.5) is 5.69 Å². The molecule has 0 aliphatic heterocycles. The molecule has 0 spiro atoms. The van der Waals surface area contributed by atoms with Crippen molar-refractivity contribution in [1.29, 1.82) is 0 Å². The first-order valence-corrected chi connectivity index (χ1v) is 9.32. The lowest BCUT2D eigenvalue weighted by molar-refractivity contribution is 0.0951. The van der Waals surface area contributed by atoms with Gasteiger partial charge in [0, 0.05) is 24.6 Å². The van der Waals surface area contributed by atoms with Crippen LogP contribution in [0.5, 0.6) is 0 Å². The van der Waals surface area contributed by atoms with Crippen LogP contribution in [0.15, 0.2) is 42.7 Å². The van der Waals surface area contributed by atoms with Crippen LogP contribution in [0, 0.1) is 5.92 Å². The lowest BCUT2D eigenvalue weighted by atomic mass is 9.86. The third kappa shape index (κ3) is 5.91. The Bertz CT molecular complexity index is 807. The molecule has 2 rings (SSSR count). The van der Waals surface area contributed by atoms with Gasteiger partial charge in [0.25, 0.3) is 11.8 Å². The van der Waals surface area contributed by atoms with Crippen LogP contribution in [0.3, 0.4) is 0 Å². The molecule has 5 nitrogen and oxygen atoms in total. The summed E-state index contributed by atoms with van der Waals surface area (Å²) in [6, 6.07) is 9.31. The molecule has 0 fully saturated rings. The van der Waals surface area contributed by atoms with E-state index in [0.29, 0.717) is 23.6 Å². The zero-order valence-corrected chi connectivity index (χ0v) is 16.8. The molecule has 0 radical (unpaired) electrons. The molecule has 0 bridgehead atoms. The number of aromatic nitrogens is 1. The molecule has 0 saturated heterocycles. The number of carbonyl (C=O) groups is 2. The van der Waals surface area contributed by atoms with E-state index in [1.807, 2.05) is 24.3 Å². The van der Waals surface area contributed by atoms with E-state index in [1.165, 1.54) is 12.4 Å². The van der Waals surface area contributed by atoms with Crippen LogP contribution < -0.4 is 10.6 Å². The van der Waals surface area contributed by atoms with Crippen LogP contribution >= 0.6 is 0 Å². The van der Waals surface area contributed by atoms with E-state index >= 15 is 0 Å². The number of hydrogen-bond donors (Lipinski definition) is 2. The van der Waals surface area contributed by atoms with Crippen molar-refractivity contribution >= 4 is 17.5 Å². The maximum absolute atomic E-state index is 12.7. The highest BCUT2D eigenvalue weighted by atomic mass is 16.2. The van der Waals surface area contributed by atoms with Crippen molar-refractivity contribution in [2.45, 2.75) is 46.5 Å². The topological polar surface area (TPSA) is 71.1 Å². The second kappa shape index (κ2) is 8.80.